The maximum Gasteiger partial charge on any atom is 0.182 e. The van der Waals surface area contributed by atoms with Gasteiger partial charge in [-0.15, -0.1) is 5.10 Å². The lowest BCUT2D eigenvalue weighted by Crippen LogP contribution is -2.20. The topological polar surface area (TPSA) is 54.6 Å². The zero-order chi connectivity index (χ0) is 18.2. The van der Waals surface area contributed by atoms with Gasteiger partial charge in [-0.05, 0) is 24.3 Å². The number of pyridine rings is 1. The van der Waals surface area contributed by atoms with Gasteiger partial charge in [-0.25, -0.2) is 9.50 Å². The molecule has 0 amide bonds. The number of aromatic nitrogens is 3. The van der Waals surface area contributed by atoms with Crippen molar-refractivity contribution < 1.29 is 0 Å². The van der Waals surface area contributed by atoms with Gasteiger partial charge in [0.2, 0.25) is 0 Å². The Hall–Kier alpha value is -3.18. The van der Waals surface area contributed by atoms with E-state index >= 15 is 0 Å². The number of amidine groups is 1. The van der Waals surface area contributed by atoms with Gasteiger partial charge in [0.05, 0.1) is 17.8 Å². The van der Waals surface area contributed by atoms with E-state index in [4.69, 9.17) is 21.7 Å². The van der Waals surface area contributed by atoms with E-state index in [0.29, 0.717) is 10.8 Å². The zero-order valence-electron chi connectivity index (χ0n) is 14.4. The number of hydrogen-bond acceptors (Lipinski definition) is 4. The molecule has 1 aliphatic heterocycles. The molecule has 2 aromatic carbocycles. The third-order valence-electron chi connectivity index (χ3n) is 4.57. The molecule has 5 rings (SSSR count). The quantitative estimate of drug-likeness (QED) is 0.589. The number of hydrogen-bond donors (Lipinski definition) is 1. The van der Waals surface area contributed by atoms with Crippen LogP contribution < -0.4 is 5.32 Å². The number of halogens is 1. The lowest BCUT2D eigenvalue weighted by atomic mass is 10.1. The first-order valence-electron chi connectivity index (χ1n) is 8.79. The molecule has 0 aliphatic carbocycles. The van der Waals surface area contributed by atoms with Gasteiger partial charge in [0, 0.05) is 22.7 Å². The van der Waals surface area contributed by atoms with Crippen molar-refractivity contribution in [2.24, 2.45) is 4.99 Å². The van der Waals surface area contributed by atoms with Gasteiger partial charge in [0.15, 0.2) is 11.5 Å². The van der Waals surface area contributed by atoms with Gasteiger partial charge in [-0.2, -0.15) is 0 Å². The Bertz CT molecular complexity index is 1160. The van der Waals surface area contributed by atoms with Crippen molar-refractivity contribution in [2.75, 3.05) is 13.1 Å². The minimum Gasteiger partial charge on any atom is -0.368 e. The molecule has 3 heterocycles. The normalized spacial score (nSPS) is 13.6. The Morgan fingerprint density at radius 3 is 2.56 bits per heavy atom. The molecule has 4 aromatic rings. The second kappa shape index (κ2) is 6.52. The lowest BCUT2D eigenvalue weighted by molar-refractivity contribution is 0.956. The molecule has 6 heteroatoms. The predicted octanol–water partition coefficient (Wildman–Crippen LogP) is 4.07. The third kappa shape index (κ3) is 2.86. The average Bonchev–Trinajstić information content (AvgIpc) is 3.38. The Balaban J connectivity index is 1.77. The molecular weight excluding hydrogens is 358 g/mol. The van der Waals surface area contributed by atoms with Crippen LogP contribution in [0, 0.1) is 0 Å². The molecule has 1 N–H and O–H groups in total. The molecule has 0 saturated carbocycles. The predicted molar refractivity (Wildman–Crippen MR) is 108 cm³/mol. The van der Waals surface area contributed by atoms with Crippen molar-refractivity contribution in [1.29, 1.82) is 0 Å². The van der Waals surface area contributed by atoms with Crippen molar-refractivity contribution in [3.63, 3.8) is 0 Å². The van der Waals surface area contributed by atoms with Crippen molar-refractivity contribution in [3.8, 4) is 22.6 Å². The highest BCUT2D eigenvalue weighted by molar-refractivity contribution is 6.30. The molecule has 0 atom stereocenters. The number of rotatable bonds is 3. The van der Waals surface area contributed by atoms with Gasteiger partial charge < -0.3 is 5.32 Å². The van der Waals surface area contributed by atoms with Crippen molar-refractivity contribution in [3.05, 3.63) is 77.3 Å². The molecule has 132 valence electrons. The molecule has 5 nitrogen and oxygen atoms in total. The first-order chi connectivity index (χ1) is 13.3. The summed E-state index contributed by atoms with van der Waals surface area (Å²) in [5, 5.41) is 8.79. The van der Waals surface area contributed by atoms with Gasteiger partial charge in [-0.1, -0.05) is 54.1 Å². The van der Waals surface area contributed by atoms with Crippen LogP contribution in [0.5, 0.6) is 0 Å². The first-order valence-corrected chi connectivity index (χ1v) is 9.17. The van der Waals surface area contributed by atoms with Crippen LogP contribution in [-0.4, -0.2) is 33.5 Å². The lowest BCUT2D eigenvalue weighted by Gasteiger charge is -2.08. The fraction of sp³-hybridized carbons (Fsp3) is 0.0952. The van der Waals surface area contributed by atoms with Gasteiger partial charge >= 0.3 is 0 Å². The molecule has 0 bridgehead atoms. The second-order valence-electron chi connectivity index (χ2n) is 6.34. The summed E-state index contributed by atoms with van der Waals surface area (Å²) in [7, 11) is 0. The Kier molecular flexibility index (Phi) is 3.87. The van der Waals surface area contributed by atoms with Crippen molar-refractivity contribution in [1.82, 2.24) is 19.9 Å². The second-order valence-corrected chi connectivity index (χ2v) is 6.77. The Morgan fingerprint density at radius 2 is 1.78 bits per heavy atom. The van der Waals surface area contributed by atoms with Gasteiger partial charge in [0.25, 0.3) is 0 Å². The summed E-state index contributed by atoms with van der Waals surface area (Å²) in [5.74, 6) is 1.50. The van der Waals surface area contributed by atoms with Crippen LogP contribution >= 0.6 is 11.6 Å². The SMILES string of the molecule is Clc1cccc(-c2nc3c(C4=NCCN4)ccc(-c4ccccc4)n3n2)c1. The smallest absolute Gasteiger partial charge is 0.182 e. The largest absolute Gasteiger partial charge is 0.368 e. The average molecular weight is 374 g/mol. The molecule has 0 spiro atoms. The van der Waals surface area contributed by atoms with Gasteiger partial charge in [0.1, 0.15) is 5.84 Å². The summed E-state index contributed by atoms with van der Waals surface area (Å²) >= 11 is 6.16. The zero-order valence-corrected chi connectivity index (χ0v) is 15.2. The fourth-order valence-corrected chi connectivity index (χ4v) is 3.49. The highest BCUT2D eigenvalue weighted by atomic mass is 35.5. The number of nitrogens with zero attached hydrogens (tertiary/aromatic N) is 4. The molecule has 0 saturated heterocycles. The summed E-state index contributed by atoms with van der Waals surface area (Å²) in [6, 6.07) is 21.9. The summed E-state index contributed by atoms with van der Waals surface area (Å²) in [5.41, 5.74) is 4.68. The van der Waals surface area contributed by atoms with E-state index in [-0.39, 0.29) is 0 Å². The number of benzene rings is 2. The maximum atomic E-state index is 6.16. The van der Waals surface area contributed by atoms with Crippen LogP contribution in [0.4, 0.5) is 0 Å². The number of fused-ring (bicyclic) bond motifs is 1. The molecule has 1 aliphatic rings. The molecule has 27 heavy (non-hydrogen) atoms. The van der Waals surface area contributed by atoms with E-state index in [2.05, 4.69) is 34.6 Å². The van der Waals surface area contributed by atoms with E-state index < -0.39 is 0 Å². The monoisotopic (exact) mass is 373 g/mol. The highest BCUT2D eigenvalue weighted by Gasteiger charge is 2.18. The third-order valence-corrected chi connectivity index (χ3v) is 4.80. The van der Waals surface area contributed by atoms with E-state index in [1.165, 1.54) is 0 Å². The standard InChI is InChI=1S/C21H16ClN5/c22-16-8-4-7-15(13-16)19-25-21-17(20-23-11-12-24-20)9-10-18(27(21)26-19)14-5-2-1-3-6-14/h1-10,13H,11-12H2,(H,23,24). The van der Waals surface area contributed by atoms with E-state index in [1.807, 2.05) is 47.0 Å². The summed E-state index contributed by atoms with van der Waals surface area (Å²) in [4.78, 5) is 9.39. The molecule has 0 unspecified atom stereocenters. The molecule has 0 fully saturated rings. The summed E-state index contributed by atoms with van der Waals surface area (Å²) in [6.07, 6.45) is 0. The molecule has 2 aromatic heterocycles. The van der Waals surface area contributed by atoms with Crippen LogP contribution in [0.25, 0.3) is 28.3 Å². The highest BCUT2D eigenvalue weighted by Crippen LogP contribution is 2.26. The van der Waals surface area contributed by atoms with Crippen LogP contribution in [0.1, 0.15) is 5.56 Å². The van der Waals surface area contributed by atoms with Crippen molar-refractivity contribution >= 4 is 23.1 Å². The molecule has 0 radical (unpaired) electrons. The minimum absolute atomic E-state index is 0.640. The van der Waals surface area contributed by atoms with E-state index in [0.717, 1.165) is 47.0 Å². The van der Waals surface area contributed by atoms with Crippen LogP contribution in [-0.2, 0) is 0 Å². The Labute approximate surface area is 161 Å². The number of nitrogens with one attached hydrogen (secondary N) is 1. The minimum atomic E-state index is 0.640. The van der Waals surface area contributed by atoms with Crippen molar-refractivity contribution in [2.45, 2.75) is 0 Å². The first kappa shape index (κ1) is 16.0. The molecular formula is C21H16ClN5. The summed E-state index contributed by atoms with van der Waals surface area (Å²) in [6.45, 7) is 1.62. The van der Waals surface area contributed by atoms with Crippen LogP contribution in [0.2, 0.25) is 5.02 Å². The fourth-order valence-electron chi connectivity index (χ4n) is 3.30. The van der Waals surface area contributed by atoms with Crippen LogP contribution in [0.15, 0.2) is 71.7 Å². The van der Waals surface area contributed by atoms with Crippen LogP contribution in [0.3, 0.4) is 0 Å². The van der Waals surface area contributed by atoms with E-state index in [1.54, 1.807) is 0 Å². The van der Waals surface area contributed by atoms with E-state index in [9.17, 15) is 0 Å². The summed E-state index contributed by atoms with van der Waals surface area (Å²) < 4.78 is 1.89. The Morgan fingerprint density at radius 1 is 0.926 bits per heavy atom. The van der Waals surface area contributed by atoms with Gasteiger partial charge in [-0.3, -0.25) is 4.99 Å². The number of aliphatic imine (C=N–C) groups is 1. The maximum absolute atomic E-state index is 6.16.